The van der Waals surface area contributed by atoms with Crippen LogP contribution in [0.3, 0.4) is 0 Å². The van der Waals surface area contributed by atoms with E-state index < -0.39 is 5.97 Å². The van der Waals surface area contributed by atoms with Crippen LogP contribution in [0.2, 0.25) is 0 Å². The van der Waals surface area contributed by atoms with Gasteiger partial charge in [0.15, 0.2) is 0 Å². The van der Waals surface area contributed by atoms with Crippen molar-refractivity contribution in [3.63, 3.8) is 0 Å². The number of hydrogen-bond acceptors (Lipinski definition) is 6. The molecule has 2 heterocycles. The molecule has 8 heteroatoms. The fourth-order valence-corrected chi connectivity index (χ4v) is 5.66. The number of anilines is 1. The summed E-state index contributed by atoms with van der Waals surface area (Å²) in [5.41, 5.74) is 6.38. The van der Waals surface area contributed by atoms with Crippen LogP contribution in [-0.4, -0.2) is 35.1 Å². The number of fused-ring (bicyclic) bond motifs is 1. The van der Waals surface area contributed by atoms with E-state index in [9.17, 15) is 14.7 Å². The van der Waals surface area contributed by atoms with Crippen molar-refractivity contribution in [2.75, 3.05) is 18.1 Å². The second-order valence-corrected chi connectivity index (χ2v) is 10.8. The lowest BCUT2D eigenvalue weighted by Gasteiger charge is -2.31. The first kappa shape index (κ1) is 27.4. The van der Waals surface area contributed by atoms with Crippen molar-refractivity contribution in [3.05, 3.63) is 93.3 Å². The van der Waals surface area contributed by atoms with E-state index in [1.54, 1.807) is 18.2 Å². The lowest BCUT2D eigenvalue weighted by Crippen LogP contribution is -2.35. The number of benzene rings is 3. The zero-order chi connectivity index (χ0) is 28.1. The molecule has 1 aliphatic heterocycles. The number of para-hydroxylation sites is 1. The maximum Gasteiger partial charge on any atom is 0.339 e. The van der Waals surface area contributed by atoms with E-state index in [2.05, 4.69) is 19.9 Å². The number of carbonyl (C=O) groups is 2. The highest BCUT2D eigenvalue weighted by atomic mass is 32.1. The van der Waals surface area contributed by atoms with Crippen LogP contribution in [-0.2, 0) is 17.8 Å². The fraction of sp³-hybridized carbons (Fsp3) is 0.281. The lowest BCUT2D eigenvalue weighted by molar-refractivity contribution is -0.118. The minimum Gasteiger partial charge on any atom is -0.493 e. The molecule has 206 valence electrons. The molecule has 0 unspecified atom stereocenters. The predicted molar refractivity (Wildman–Crippen MR) is 157 cm³/mol. The van der Waals surface area contributed by atoms with Gasteiger partial charge in [-0.25, -0.2) is 9.78 Å². The summed E-state index contributed by atoms with van der Waals surface area (Å²) in [6.07, 6.45) is 2.84. The standard InChI is InChI=1S/C32H32N2O5S/c1-21-9-5-15-28(22(21)2)38-18-8-16-31(35)34-17-7-12-24-23(11-6-13-27(24)34)26-20-40-30(33-26)19-39-29-14-4-3-10-25(29)32(36)37/h3-6,9-11,13-15,20H,7-8,12,16-19H2,1-2H3,(H,36,37). The van der Waals surface area contributed by atoms with Crippen LogP contribution in [0, 0.1) is 13.8 Å². The minimum atomic E-state index is -1.03. The molecule has 4 aromatic rings. The second kappa shape index (κ2) is 12.3. The Morgan fingerprint density at radius 1 is 1.00 bits per heavy atom. The number of aromatic nitrogens is 1. The zero-order valence-electron chi connectivity index (χ0n) is 22.7. The van der Waals surface area contributed by atoms with Gasteiger partial charge < -0.3 is 19.5 Å². The number of nitrogens with zero attached hydrogens (tertiary/aromatic N) is 2. The zero-order valence-corrected chi connectivity index (χ0v) is 23.5. The number of aryl methyl sites for hydroxylation is 1. The van der Waals surface area contributed by atoms with Crippen molar-refractivity contribution in [1.29, 1.82) is 0 Å². The van der Waals surface area contributed by atoms with Crippen LogP contribution in [0.5, 0.6) is 11.5 Å². The number of rotatable bonds is 10. The van der Waals surface area contributed by atoms with E-state index in [1.165, 1.54) is 23.0 Å². The van der Waals surface area contributed by atoms with E-state index in [4.69, 9.17) is 14.5 Å². The maximum atomic E-state index is 13.2. The summed E-state index contributed by atoms with van der Waals surface area (Å²) in [4.78, 5) is 31.4. The van der Waals surface area contributed by atoms with Gasteiger partial charge in [-0.15, -0.1) is 11.3 Å². The van der Waals surface area contributed by atoms with Crippen LogP contribution in [0.4, 0.5) is 5.69 Å². The highest BCUT2D eigenvalue weighted by molar-refractivity contribution is 7.09. The molecule has 7 nitrogen and oxygen atoms in total. The summed E-state index contributed by atoms with van der Waals surface area (Å²) in [6.45, 7) is 5.49. The molecule has 1 amide bonds. The first-order chi connectivity index (χ1) is 19.4. The smallest absolute Gasteiger partial charge is 0.339 e. The molecule has 0 bridgehead atoms. The Morgan fingerprint density at radius 2 is 1.80 bits per heavy atom. The van der Waals surface area contributed by atoms with Gasteiger partial charge in [-0.2, -0.15) is 0 Å². The van der Waals surface area contributed by atoms with Crippen LogP contribution in [0.15, 0.2) is 66.0 Å². The first-order valence-electron chi connectivity index (χ1n) is 13.4. The number of ether oxygens (including phenoxy) is 2. The third-order valence-electron chi connectivity index (χ3n) is 7.20. The van der Waals surface area contributed by atoms with Crippen molar-refractivity contribution < 1.29 is 24.2 Å². The minimum absolute atomic E-state index is 0.104. The Balaban J connectivity index is 1.24. The number of carbonyl (C=O) groups excluding carboxylic acids is 1. The van der Waals surface area contributed by atoms with Gasteiger partial charge in [0.25, 0.3) is 0 Å². The molecule has 0 saturated carbocycles. The first-order valence-corrected chi connectivity index (χ1v) is 14.3. The molecule has 3 aromatic carbocycles. The van der Waals surface area contributed by atoms with Crippen LogP contribution in [0.1, 0.15) is 51.3 Å². The molecular formula is C32H32N2O5S. The van der Waals surface area contributed by atoms with Crippen molar-refractivity contribution in [2.24, 2.45) is 0 Å². The number of aromatic carboxylic acids is 1. The van der Waals surface area contributed by atoms with Gasteiger partial charge in [-0.05, 0) is 74.1 Å². The van der Waals surface area contributed by atoms with Crippen LogP contribution in [0.25, 0.3) is 11.3 Å². The number of amides is 1. The molecule has 1 aromatic heterocycles. The topological polar surface area (TPSA) is 89.0 Å². The van der Waals surface area contributed by atoms with Crippen LogP contribution >= 0.6 is 11.3 Å². The van der Waals surface area contributed by atoms with Crippen LogP contribution < -0.4 is 14.4 Å². The molecule has 5 rings (SSSR count). The van der Waals surface area contributed by atoms with Gasteiger partial charge in [0.1, 0.15) is 28.7 Å². The number of carboxylic acid groups (broad SMARTS) is 1. The Morgan fingerprint density at radius 3 is 2.65 bits per heavy atom. The van der Waals surface area contributed by atoms with Gasteiger partial charge in [0.2, 0.25) is 5.91 Å². The summed E-state index contributed by atoms with van der Waals surface area (Å²) >= 11 is 1.47. The molecule has 40 heavy (non-hydrogen) atoms. The number of thiazole rings is 1. The summed E-state index contributed by atoms with van der Waals surface area (Å²) in [5.74, 6) is 0.267. The monoisotopic (exact) mass is 556 g/mol. The summed E-state index contributed by atoms with van der Waals surface area (Å²) in [5, 5.41) is 12.1. The van der Waals surface area contributed by atoms with Crippen molar-refractivity contribution in [2.45, 2.75) is 46.1 Å². The van der Waals surface area contributed by atoms with Gasteiger partial charge in [-0.3, -0.25) is 4.79 Å². The summed E-state index contributed by atoms with van der Waals surface area (Å²) in [7, 11) is 0. The second-order valence-electron chi connectivity index (χ2n) is 9.82. The molecule has 1 aliphatic rings. The van der Waals surface area contributed by atoms with Gasteiger partial charge in [0.05, 0.1) is 12.3 Å². The number of carboxylic acids is 1. The van der Waals surface area contributed by atoms with Crippen molar-refractivity contribution in [1.82, 2.24) is 4.98 Å². The van der Waals surface area contributed by atoms with Gasteiger partial charge in [-0.1, -0.05) is 36.4 Å². The molecule has 0 atom stereocenters. The largest absolute Gasteiger partial charge is 0.493 e. The van der Waals surface area contributed by atoms with E-state index in [-0.39, 0.29) is 18.1 Å². The fourth-order valence-electron chi connectivity index (χ4n) is 4.95. The van der Waals surface area contributed by atoms with Gasteiger partial charge in [0, 0.05) is 29.6 Å². The van der Waals surface area contributed by atoms with E-state index >= 15 is 0 Å². The van der Waals surface area contributed by atoms with Crippen molar-refractivity contribution >= 4 is 28.9 Å². The Labute approximate surface area is 238 Å². The van der Waals surface area contributed by atoms with Crippen molar-refractivity contribution in [3.8, 4) is 22.8 Å². The highest BCUT2D eigenvalue weighted by Gasteiger charge is 2.25. The molecule has 0 saturated heterocycles. The third kappa shape index (κ3) is 6.02. The average Bonchev–Trinajstić information content (AvgIpc) is 3.44. The number of hydrogen-bond donors (Lipinski definition) is 1. The maximum absolute atomic E-state index is 13.2. The molecule has 0 fully saturated rings. The Bertz CT molecular complexity index is 1530. The lowest BCUT2D eigenvalue weighted by atomic mass is 9.94. The predicted octanol–water partition coefficient (Wildman–Crippen LogP) is 6.84. The highest BCUT2D eigenvalue weighted by Crippen LogP contribution is 2.36. The van der Waals surface area contributed by atoms with E-state index in [0.29, 0.717) is 31.7 Å². The molecular weight excluding hydrogens is 524 g/mol. The third-order valence-corrected chi connectivity index (χ3v) is 8.02. The molecule has 0 aliphatic carbocycles. The van der Waals surface area contributed by atoms with Gasteiger partial charge >= 0.3 is 5.97 Å². The molecule has 1 N–H and O–H groups in total. The normalized spacial score (nSPS) is 12.6. The molecule has 0 radical (unpaired) electrons. The Hall–Kier alpha value is -4.17. The van der Waals surface area contributed by atoms with E-state index in [1.807, 2.05) is 40.6 Å². The van der Waals surface area contributed by atoms with E-state index in [0.717, 1.165) is 51.7 Å². The molecule has 0 spiro atoms. The SMILES string of the molecule is Cc1cccc(OCCCC(=O)N2CCCc3c(-c4csc(COc5ccccc5C(=O)O)n4)cccc32)c1C. The summed E-state index contributed by atoms with van der Waals surface area (Å²) < 4.78 is 11.7. The average molecular weight is 557 g/mol. The quantitative estimate of drug-likeness (QED) is 0.215. The Kier molecular flexibility index (Phi) is 8.45. The summed E-state index contributed by atoms with van der Waals surface area (Å²) in [6, 6.07) is 18.6.